The van der Waals surface area contributed by atoms with E-state index < -0.39 is 29.1 Å². The highest BCUT2D eigenvalue weighted by atomic mass is 16.6. The standard InChI is InChI=1S/C31H36O7/c1-7-8-9-10-12-19(2)15-21(4)30(35)38-31(6)27(33)17-23-16-26(36-18-24(23)29(31)34)28-20(3)13-11-14-25(28)37-22(5)32/h11,13-19H,7-10,12H2,1-6H3/t19?,31-/m0/s1. The molecule has 1 unspecified atom stereocenters. The lowest BCUT2D eigenvalue weighted by Gasteiger charge is -2.32. The maximum atomic E-state index is 13.4. The van der Waals surface area contributed by atoms with Gasteiger partial charge in [-0.15, -0.1) is 0 Å². The van der Waals surface area contributed by atoms with Gasteiger partial charge in [0.1, 0.15) is 17.8 Å². The van der Waals surface area contributed by atoms with Crippen molar-refractivity contribution in [3.63, 3.8) is 0 Å². The fourth-order valence-electron chi connectivity index (χ4n) is 4.56. The van der Waals surface area contributed by atoms with Gasteiger partial charge in [-0.2, -0.15) is 0 Å². The van der Waals surface area contributed by atoms with Crippen molar-refractivity contribution in [2.24, 2.45) is 5.92 Å². The molecule has 0 saturated carbocycles. The van der Waals surface area contributed by atoms with E-state index in [1.54, 1.807) is 25.1 Å². The molecule has 0 N–H and O–H groups in total. The van der Waals surface area contributed by atoms with Gasteiger partial charge in [-0.05, 0) is 62.5 Å². The van der Waals surface area contributed by atoms with Crippen LogP contribution in [0.3, 0.4) is 0 Å². The summed E-state index contributed by atoms with van der Waals surface area (Å²) in [6.07, 6.45) is 11.4. The van der Waals surface area contributed by atoms with Gasteiger partial charge in [0.15, 0.2) is 0 Å². The summed E-state index contributed by atoms with van der Waals surface area (Å²) in [7, 11) is 0. The summed E-state index contributed by atoms with van der Waals surface area (Å²) in [5.74, 6) is -1.68. The molecule has 2 atom stereocenters. The molecule has 1 aromatic rings. The average molecular weight is 521 g/mol. The molecule has 0 fully saturated rings. The summed E-state index contributed by atoms with van der Waals surface area (Å²) in [5, 5.41) is 0. The molecule has 0 saturated heterocycles. The summed E-state index contributed by atoms with van der Waals surface area (Å²) in [6.45, 7) is 10.3. The molecule has 0 amide bonds. The predicted octanol–water partition coefficient (Wildman–Crippen LogP) is 6.11. The number of ether oxygens (including phenoxy) is 3. The minimum absolute atomic E-state index is 0.122. The van der Waals surface area contributed by atoms with Crippen molar-refractivity contribution in [2.45, 2.75) is 79.2 Å². The molecule has 3 rings (SSSR count). The third-order valence-corrected chi connectivity index (χ3v) is 6.74. The van der Waals surface area contributed by atoms with Crippen molar-refractivity contribution < 1.29 is 33.4 Å². The monoisotopic (exact) mass is 520 g/mol. The Morgan fingerprint density at radius 3 is 2.53 bits per heavy atom. The maximum Gasteiger partial charge on any atom is 0.334 e. The third kappa shape index (κ3) is 6.39. The second-order valence-electron chi connectivity index (χ2n) is 10.1. The Kier molecular flexibility index (Phi) is 9.26. The lowest BCUT2D eigenvalue weighted by atomic mass is 9.80. The number of fused-ring (bicyclic) bond motifs is 1. The molecule has 202 valence electrons. The highest BCUT2D eigenvalue weighted by molar-refractivity contribution is 6.27. The number of rotatable bonds is 10. The number of aryl methyl sites for hydroxylation is 1. The number of hydrogen-bond acceptors (Lipinski definition) is 7. The quantitative estimate of drug-likeness (QED) is 0.121. The third-order valence-electron chi connectivity index (χ3n) is 6.74. The first-order valence-corrected chi connectivity index (χ1v) is 13.1. The molecule has 1 aliphatic heterocycles. The van der Waals surface area contributed by atoms with Gasteiger partial charge < -0.3 is 14.2 Å². The SMILES string of the molecule is CCCCCCC(C)C=C(C)C(=O)O[C@@]1(C)C(=O)C=C2C=C(c3c(C)cccc3OC(C)=O)OC=C2C1=O. The molecular formula is C31H36O7. The molecule has 7 heteroatoms. The van der Waals surface area contributed by atoms with Crippen molar-refractivity contribution in [3.8, 4) is 5.75 Å². The van der Waals surface area contributed by atoms with Gasteiger partial charge in [-0.3, -0.25) is 14.4 Å². The number of carbonyl (C=O) groups is 4. The van der Waals surface area contributed by atoms with Crippen LogP contribution in [-0.2, 0) is 28.7 Å². The Labute approximate surface area is 224 Å². The van der Waals surface area contributed by atoms with E-state index in [9.17, 15) is 19.2 Å². The van der Waals surface area contributed by atoms with Crippen LogP contribution in [-0.4, -0.2) is 29.1 Å². The number of Topliss-reactive ketones (excluding diaryl/α,β-unsaturated/α-hetero) is 1. The largest absolute Gasteiger partial charge is 0.463 e. The van der Waals surface area contributed by atoms with E-state index in [4.69, 9.17) is 14.2 Å². The van der Waals surface area contributed by atoms with Crippen molar-refractivity contribution in [3.05, 3.63) is 70.5 Å². The number of allylic oxidation sites excluding steroid dienone is 3. The van der Waals surface area contributed by atoms with E-state index in [0.717, 1.165) is 31.2 Å². The van der Waals surface area contributed by atoms with Crippen molar-refractivity contribution in [2.75, 3.05) is 0 Å². The first kappa shape index (κ1) is 28.8. The van der Waals surface area contributed by atoms with Crippen LogP contribution in [0.1, 0.15) is 77.8 Å². The van der Waals surface area contributed by atoms with Crippen LogP contribution in [0.15, 0.2) is 59.4 Å². The van der Waals surface area contributed by atoms with Gasteiger partial charge in [-0.1, -0.05) is 57.7 Å². The lowest BCUT2D eigenvalue weighted by Crippen LogP contribution is -2.50. The molecule has 1 aromatic carbocycles. The Bertz CT molecular complexity index is 1260. The van der Waals surface area contributed by atoms with Crippen LogP contribution in [0, 0.1) is 12.8 Å². The highest BCUT2D eigenvalue weighted by Crippen LogP contribution is 2.39. The van der Waals surface area contributed by atoms with Crippen molar-refractivity contribution in [1.82, 2.24) is 0 Å². The second-order valence-corrected chi connectivity index (χ2v) is 10.1. The van der Waals surface area contributed by atoms with E-state index in [1.165, 1.54) is 32.6 Å². The molecule has 1 aliphatic carbocycles. The van der Waals surface area contributed by atoms with E-state index >= 15 is 0 Å². The van der Waals surface area contributed by atoms with Crippen LogP contribution in [0.25, 0.3) is 5.76 Å². The van der Waals surface area contributed by atoms with Crippen LogP contribution in [0.2, 0.25) is 0 Å². The van der Waals surface area contributed by atoms with Gasteiger partial charge in [0.05, 0.1) is 11.1 Å². The predicted molar refractivity (Wildman–Crippen MR) is 144 cm³/mol. The Balaban J connectivity index is 1.82. The highest BCUT2D eigenvalue weighted by Gasteiger charge is 2.49. The first-order valence-electron chi connectivity index (χ1n) is 13.1. The molecule has 38 heavy (non-hydrogen) atoms. The van der Waals surface area contributed by atoms with Crippen molar-refractivity contribution in [1.29, 1.82) is 0 Å². The fraction of sp³-hybridized carbons (Fsp3) is 0.419. The molecule has 0 spiro atoms. The van der Waals surface area contributed by atoms with E-state index in [2.05, 4.69) is 6.92 Å². The van der Waals surface area contributed by atoms with Gasteiger partial charge >= 0.3 is 11.9 Å². The average Bonchev–Trinajstić information content (AvgIpc) is 2.85. The molecule has 0 aromatic heterocycles. The number of hydrogen-bond donors (Lipinski definition) is 0. The summed E-state index contributed by atoms with van der Waals surface area (Å²) in [5.41, 5.74) is 0.131. The summed E-state index contributed by atoms with van der Waals surface area (Å²) >= 11 is 0. The molecule has 0 radical (unpaired) electrons. The number of carbonyl (C=O) groups excluding carboxylic acids is 4. The Morgan fingerprint density at radius 1 is 1.11 bits per heavy atom. The molecular weight excluding hydrogens is 484 g/mol. The van der Waals surface area contributed by atoms with E-state index in [-0.39, 0.29) is 11.5 Å². The van der Waals surface area contributed by atoms with E-state index in [1.807, 2.05) is 26.0 Å². The number of ketones is 2. The zero-order valence-electron chi connectivity index (χ0n) is 23.0. The number of benzene rings is 1. The maximum absolute atomic E-state index is 13.4. The fourth-order valence-corrected chi connectivity index (χ4v) is 4.56. The zero-order chi connectivity index (χ0) is 28.0. The smallest absolute Gasteiger partial charge is 0.334 e. The summed E-state index contributed by atoms with van der Waals surface area (Å²) in [6, 6.07) is 5.21. The van der Waals surface area contributed by atoms with Gasteiger partial charge in [0.25, 0.3) is 0 Å². The van der Waals surface area contributed by atoms with Gasteiger partial charge in [0.2, 0.25) is 17.2 Å². The first-order chi connectivity index (χ1) is 18.0. The molecule has 7 nitrogen and oxygen atoms in total. The van der Waals surface area contributed by atoms with Gasteiger partial charge in [-0.25, -0.2) is 4.79 Å². The second kappa shape index (κ2) is 12.2. The number of unbranched alkanes of at least 4 members (excludes halogenated alkanes) is 3. The lowest BCUT2D eigenvalue weighted by molar-refractivity contribution is -0.165. The van der Waals surface area contributed by atoms with Crippen LogP contribution in [0.5, 0.6) is 5.75 Å². The van der Waals surface area contributed by atoms with Crippen LogP contribution >= 0.6 is 0 Å². The summed E-state index contributed by atoms with van der Waals surface area (Å²) in [4.78, 5) is 50.9. The Hall–Kier alpha value is -3.74. The molecule has 2 aliphatic rings. The van der Waals surface area contributed by atoms with Crippen LogP contribution in [0.4, 0.5) is 0 Å². The molecule has 1 heterocycles. The molecule has 0 bridgehead atoms. The minimum Gasteiger partial charge on any atom is -0.463 e. The van der Waals surface area contributed by atoms with Crippen LogP contribution < -0.4 is 4.74 Å². The van der Waals surface area contributed by atoms with Gasteiger partial charge in [0, 0.05) is 12.5 Å². The normalized spacial score (nSPS) is 19.9. The minimum atomic E-state index is -1.99. The number of esters is 2. The topological polar surface area (TPSA) is 96.0 Å². The summed E-state index contributed by atoms with van der Waals surface area (Å²) < 4.78 is 16.6. The zero-order valence-corrected chi connectivity index (χ0v) is 23.0. The van der Waals surface area contributed by atoms with Crippen molar-refractivity contribution >= 4 is 29.3 Å². The Morgan fingerprint density at radius 2 is 1.84 bits per heavy atom. The van der Waals surface area contributed by atoms with E-state index in [0.29, 0.717) is 28.2 Å².